The Bertz CT molecular complexity index is 268. The lowest BCUT2D eigenvalue weighted by Crippen LogP contribution is -2.00. The second-order valence-electron chi connectivity index (χ2n) is 2.57. The standard InChI is InChI=1S/C8H9F2N/c1-4-5(2)7(9)11-8(10)6(4)3/h1-3H3. The zero-order valence-electron chi connectivity index (χ0n) is 6.70. The van der Waals surface area contributed by atoms with Crippen LogP contribution in [-0.2, 0) is 0 Å². The fourth-order valence-electron chi connectivity index (χ4n) is 0.845. The highest BCUT2D eigenvalue weighted by atomic mass is 19.1. The van der Waals surface area contributed by atoms with Crippen LogP contribution in [0, 0.1) is 32.7 Å². The van der Waals surface area contributed by atoms with Gasteiger partial charge in [-0.05, 0) is 26.3 Å². The lowest BCUT2D eigenvalue weighted by molar-refractivity contribution is 0.499. The zero-order chi connectivity index (χ0) is 8.59. The van der Waals surface area contributed by atoms with Gasteiger partial charge in [0, 0.05) is 11.1 Å². The third-order valence-corrected chi connectivity index (χ3v) is 1.94. The molecule has 0 fully saturated rings. The molecule has 0 atom stereocenters. The molecular weight excluding hydrogens is 148 g/mol. The molecule has 0 aliphatic rings. The van der Waals surface area contributed by atoms with Crippen molar-refractivity contribution in [2.45, 2.75) is 20.8 Å². The van der Waals surface area contributed by atoms with E-state index >= 15 is 0 Å². The number of pyridine rings is 1. The Balaban J connectivity index is 3.46. The maximum Gasteiger partial charge on any atom is 0.218 e. The molecule has 0 aliphatic carbocycles. The van der Waals surface area contributed by atoms with Crippen LogP contribution in [0.25, 0.3) is 0 Å². The van der Waals surface area contributed by atoms with Crippen LogP contribution in [0.1, 0.15) is 16.7 Å². The Morgan fingerprint density at radius 1 is 0.818 bits per heavy atom. The highest BCUT2D eigenvalue weighted by molar-refractivity contribution is 5.29. The van der Waals surface area contributed by atoms with Crippen molar-refractivity contribution in [2.75, 3.05) is 0 Å². The van der Waals surface area contributed by atoms with Gasteiger partial charge < -0.3 is 0 Å². The third kappa shape index (κ3) is 1.23. The molecule has 0 aliphatic heterocycles. The summed E-state index contributed by atoms with van der Waals surface area (Å²) in [5.41, 5.74) is 1.47. The van der Waals surface area contributed by atoms with E-state index in [-0.39, 0.29) is 0 Å². The van der Waals surface area contributed by atoms with E-state index in [2.05, 4.69) is 4.98 Å². The van der Waals surface area contributed by atoms with E-state index in [4.69, 9.17) is 0 Å². The normalized spacial score (nSPS) is 10.3. The maximum absolute atomic E-state index is 12.7. The van der Waals surface area contributed by atoms with Crippen molar-refractivity contribution in [1.82, 2.24) is 4.98 Å². The van der Waals surface area contributed by atoms with Gasteiger partial charge in [-0.3, -0.25) is 0 Å². The number of rotatable bonds is 0. The minimum atomic E-state index is -0.717. The van der Waals surface area contributed by atoms with Crippen LogP contribution in [0.2, 0.25) is 0 Å². The number of hydrogen-bond acceptors (Lipinski definition) is 1. The van der Waals surface area contributed by atoms with Crippen LogP contribution in [0.15, 0.2) is 0 Å². The molecule has 0 saturated carbocycles. The van der Waals surface area contributed by atoms with Gasteiger partial charge in [0.05, 0.1) is 0 Å². The van der Waals surface area contributed by atoms with Crippen LogP contribution in [0.4, 0.5) is 8.78 Å². The van der Waals surface area contributed by atoms with Crippen LogP contribution < -0.4 is 0 Å². The van der Waals surface area contributed by atoms with Crippen molar-refractivity contribution in [3.8, 4) is 0 Å². The number of halogens is 2. The fraction of sp³-hybridized carbons (Fsp3) is 0.375. The van der Waals surface area contributed by atoms with Gasteiger partial charge in [-0.2, -0.15) is 13.8 Å². The lowest BCUT2D eigenvalue weighted by atomic mass is 10.1. The van der Waals surface area contributed by atoms with Gasteiger partial charge in [0.1, 0.15) is 0 Å². The van der Waals surface area contributed by atoms with Gasteiger partial charge in [-0.1, -0.05) is 0 Å². The highest BCUT2D eigenvalue weighted by Crippen LogP contribution is 2.15. The zero-order valence-corrected chi connectivity index (χ0v) is 6.70. The minimum Gasteiger partial charge on any atom is -0.190 e. The van der Waals surface area contributed by atoms with Gasteiger partial charge in [-0.25, -0.2) is 0 Å². The predicted molar refractivity (Wildman–Crippen MR) is 38.4 cm³/mol. The molecule has 0 amide bonds. The van der Waals surface area contributed by atoms with E-state index in [0.29, 0.717) is 16.7 Å². The number of nitrogens with zero attached hydrogens (tertiary/aromatic N) is 1. The molecule has 1 rings (SSSR count). The van der Waals surface area contributed by atoms with Gasteiger partial charge in [-0.15, -0.1) is 0 Å². The van der Waals surface area contributed by atoms with Crippen molar-refractivity contribution in [3.63, 3.8) is 0 Å². The fourth-order valence-corrected chi connectivity index (χ4v) is 0.845. The highest BCUT2D eigenvalue weighted by Gasteiger charge is 2.09. The summed E-state index contributed by atoms with van der Waals surface area (Å²) in [5, 5.41) is 0. The first-order chi connectivity index (χ1) is 5.04. The Hall–Kier alpha value is -0.990. The lowest BCUT2D eigenvalue weighted by Gasteiger charge is -2.04. The van der Waals surface area contributed by atoms with Gasteiger partial charge in [0.25, 0.3) is 0 Å². The molecule has 0 saturated heterocycles. The van der Waals surface area contributed by atoms with Crippen molar-refractivity contribution < 1.29 is 8.78 Å². The molecule has 0 radical (unpaired) electrons. The molecule has 1 aromatic heterocycles. The molecule has 1 aromatic rings. The second kappa shape index (κ2) is 2.57. The molecule has 11 heavy (non-hydrogen) atoms. The average molecular weight is 157 g/mol. The Labute approximate surface area is 64.1 Å². The van der Waals surface area contributed by atoms with E-state index < -0.39 is 11.9 Å². The number of hydrogen-bond donors (Lipinski definition) is 0. The van der Waals surface area contributed by atoms with E-state index in [1.807, 2.05) is 0 Å². The summed E-state index contributed by atoms with van der Waals surface area (Å²) in [6.07, 6.45) is 0. The summed E-state index contributed by atoms with van der Waals surface area (Å²) in [5.74, 6) is -1.43. The summed E-state index contributed by atoms with van der Waals surface area (Å²) < 4.78 is 25.3. The van der Waals surface area contributed by atoms with Crippen LogP contribution >= 0.6 is 0 Å². The summed E-state index contributed by atoms with van der Waals surface area (Å²) in [4.78, 5) is 3.10. The molecule has 1 nitrogen and oxygen atoms in total. The summed E-state index contributed by atoms with van der Waals surface area (Å²) in [6.45, 7) is 4.85. The molecule has 0 N–H and O–H groups in total. The van der Waals surface area contributed by atoms with Crippen molar-refractivity contribution in [3.05, 3.63) is 28.6 Å². The Morgan fingerprint density at radius 2 is 1.18 bits per heavy atom. The smallest absolute Gasteiger partial charge is 0.190 e. The van der Waals surface area contributed by atoms with Crippen molar-refractivity contribution in [1.29, 1.82) is 0 Å². The molecule has 60 valence electrons. The molecule has 0 spiro atoms. The largest absolute Gasteiger partial charge is 0.218 e. The number of aromatic nitrogens is 1. The molecule has 0 aromatic carbocycles. The van der Waals surface area contributed by atoms with Gasteiger partial charge >= 0.3 is 0 Å². The summed E-state index contributed by atoms with van der Waals surface area (Å²) >= 11 is 0. The summed E-state index contributed by atoms with van der Waals surface area (Å²) in [7, 11) is 0. The van der Waals surface area contributed by atoms with E-state index in [0.717, 1.165) is 0 Å². The Kier molecular flexibility index (Phi) is 1.89. The van der Waals surface area contributed by atoms with Crippen molar-refractivity contribution in [2.24, 2.45) is 0 Å². The monoisotopic (exact) mass is 157 g/mol. The van der Waals surface area contributed by atoms with E-state index in [1.165, 1.54) is 0 Å². The second-order valence-corrected chi connectivity index (χ2v) is 2.57. The minimum absolute atomic E-state index is 0.420. The van der Waals surface area contributed by atoms with Crippen molar-refractivity contribution >= 4 is 0 Å². The van der Waals surface area contributed by atoms with E-state index in [1.54, 1.807) is 20.8 Å². The maximum atomic E-state index is 12.7. The van der Waals surface area contributed by atoms with Crippen LogP contribution in [0.5, 0.6) is 0 Å². The molecule has 3 heteroatoms. The van der Waals surface area contributed by atoms with Crippen LogP contribution in [-0.4, -0.2) is 4.98 Å². The topological polar surface area (TPSA) is 12.9 Å². The molecular formula is C8H9F2N. The Morgan fingerprint density at radius 3 is 1.55 bits per heavy atom. The van der Waals surface area contributed by atoms with Gasteiger partial charge in [0.2, 0.25) is 11.9 Å². The predicted octanol–water partition coefficient (Wildman–Crippen LogP) is 2.29. The molecule has 0 bridgehead atoms. The SMILES string of the molecule is Cc1c(F)nc(F)c(C)c1C. The summed E-state index contributed by atoms with van der Waals surface area (Å²) in [6, 6.07) is 0. The quantitative estimate of drug-likeness (QED) is 0.526. The van der Waals surface area contributed by atoms with Gasteiger partial charge in [0.15, 0.2) is 0 Å². The molecule has 1 heterocycles. The van der Waals surface area contributed by atoms with E-state index in [9.17, 15) is 8.78 Å². The first-order valence-corrected chi connectivity index (χ1v) is 3.33. The first kappa shape index (κ1) is 8.11. The van der Waals surface area contributed by atoms with Crippen LogP contribution in [0.3, 0.4) is 0 Å². The third-order valence-electron chi connectivity index (χ3n) is 1.94. The average Bonchev–Trinajstić information content (AvgIpc) is 1.97. The first-order valence-electron chi connectivity index (χ1n) is 3.33. The molecule has 0 unspecified atom stereocenters.